The number of aliphatic hydroxyl groups excluding tert-OH is 1. The molecule has 5 nitrogen and oxygen atoms in total. The second-order valence-electron chi connectivity index (χ2n) is 4.48. The van der Waals surface area contributed by atoms with Crippen LogP contribution in [0.4, 0.5) is 5.69 Å². The summed E-state index contributed by atoms with van der Waals surface area (Å²) >= 11 is 0. The summed E-state index contributed by atoms with van der Waals surface area (Å²) in [6, 6.07) is 5.13. The standard InChI is InChI=1S/C14H19NO4/c1-9-4-6-12(11(8-9)14(18)19-3)15-13(17)7-5-10(2)16/h4,6,8,10,16H,5,7H2,1-3H3,(H,15,17). The maximum Gasteiger partial charge on any atom is 0.339 e. The van der Waals surface area contributed by atoms with Gasteiger partial charge in [-0.25, -0.2) is 4.79 Å². The fourth-order valence-corrected chi connectivity index (χ4v) is 1.60. The monoisotopic (exact) mass is 265 g/mol. The Kier molecular flexibility index (Phi) is 5.51. The maximum absolute atomic E-state index is 11.7. The number of hydrogen-bond donors (Lipinski definition) is 2. The summed E-state index contributed by atoms with van der Waals surface area (Å²) in [6.45, 7) is 3.48. The van der Waals surface area contributed by atoms with Gasteiger partial charge in [0.15, 0.2) is 0 Å². The Labute approximate surface area is 112 Å². The zero-order chi connectivity index (χ0) is 14.4. The number of carbonyl (C=O) groups is 2. The van der Waals surface area contributed by atoms with Gasteiger partial charge in [0, 0.05) is 6.42 Å². The van der Waals surface area contributed by atoms with Crippen molar-refractivity contribution in [2.45, 2.75) is 32.8 Å². The van der Waals surface area contributed by atoms with E-state index in [1.807, 2.05) is 6.92 Å². The SMILES string of the molecule is COC(=O)c1cc(C)ccc1NC(=O)CCC(C)O. The Morgan fingerprint density at radius 3 is 2.68 bits per heavy atom. The van der Waals surface area contributed by atoms with Crippen molar-refractivity contribution in [1.82, 2.24) is 0 Å². The van der Waals surface area contributed by atoms with E-state index in [4.69, 9.17) is 5.11 Å². The van der Waals surface area contributed by atoms with Crippen LogP contribution in [-0.2, 0) is 9.53 Å². The molecule has 0 fully saturated rings. The van der Waals surface area contributed by atoms with Crippen molar-refractivity contribution in [3.05, 3.63) is 29.3 Å². The molecule has 0 heterocycles. The Hall–Kier alpha value is -1.88. The largest absolute Gasteiger partial charge is 0.465 e. The summed E-state index contributed by atoms with van der Waals surface area (Å²) < 4.78 is 4.68. The zero-order valence-electron chi connectivity index (χ0n) is 11.4. The highest BCUT2D eigenvalue weighted by Gasteiger charge is 2.14. The van der Waals surface area contributed by atoms with Gasteiger partial charge in [-0.2, -0.15) is 0 Å². The average Bonchev–Trinajstić information content (AvgIpc) is 2.37. The quantitative estimate of drug-likeness (QED) is 0.797. The summed E-state index contributed by atoms with van der Waals surface area (Å²) in [5.74, 6) is -0.732. The molecular formula is C14H19NO4. The molecule has 1 rings (SSSR count). The molecule has 0 aliphatic carbocycles. The first-order valence-electron chi connectivity index (χ1n) is 6.11. The summed E-state index contributed by atoms with van der Waals surface area (Å²) in [7, 11) is 1.30. The number of amides is 1. The minimum Gasteiger partial charge on any atom is -0.465 e. The van der Waals surface area contributed by atoms with Crippen molar-refractivity contribution in [1.29, 1.82) is 0 Å². The van der Waals surface area contributed by atoms with Gasteiger partial charge in [0.1, 0.15) is 0 Å². The molecule has 1 aromatic carbocycles. The summed E-state index contributed by atoms with van der Waals surface area (Å²) in [4.78, 5) is 23.3. The molecule has 0 aliphatic heterocycles. The molecule has 0 radical (unpaired) electrons. The van der Waals surface area contributed by atoms with Crippen molar-refractivity contribution in [3.8, 4) is 0 Å². The van der Waals surface area contributed by atoms with Gasteiger partial charge in [-0.15, -0.1) is 0 Å². The molecule has 1 atom stereocenters. The molecule has 2 N–H and O–H groups in total. The summed E-state index contributed by atoms with van der Waals surface area (Å²) in [5, 5.41) is 11.8. The fourth-order valence-electron chi connectivity index (χ4n) is 1.60. The number of aliphatic hydroxyl groups is 1. The Balaban J connectivity index is 2.82. The van der Waals surface area contributed by atoms with Crippen LogP contribution in [0, 0.1) is 6.92 Å². The average molecular weight is 265 g/mol. The van der Waals surface area contributed by atoms with Crippen molar-refractivity contribution < 1.29 is 19.4 Å². The molecule has 0 spiro atoms. The fraction of sp³-hybridized carbons (Fsp3) is 0.429. The summed E-state index contributed by atoms with van der Waals surface area (Å²) in [6.07, 6.45) is 0.0565. The molecule has 0 aromatic heterocycles. The molecule has 1 unspecified atom stereocenters. The molecular weight excluding hydrogens is 246 g/mol. The molecule has 5 heteroatoms. The van der Waals surface area contributed by atoms with Crippen LogP contribution in [0.25, 0.3) is 0 Å². The van der Waals surface area contributed by atoms with E-state index in [-0.39, 0.29) is 12.3 Å². The van der Waals surface area contributed by atoms with Crippen LogP contribution < -0.4 is 5.32 Å². The van der Waals surface area contributed by atoms with Crippen LogP contribution in [0.5, 0.6) is 0 Å². The van der Waals surface area contributed by atoms with Crippen LogP contribution in [0.1, 0.15) is 35.7 Å². The van der Waals surface area contributed by atoms with Gasteiger partial charge < -0.3 is 15.2 Å². The van der Waals surface area contributed by atoms with Gasteiger partial charge in [-0.1, -0.05) is 11.6 Å². The number of carbonyl (C=O) groups excluding carboxylic acids is 2. The van der Waals surface area contributed by atoms with E-state index in [0.717, 1.165) is 5.56 Å². The van der Waals surface area contributed by atoms with E-state index in [0.29, 0.717) is 17.7 Å². The number of ether oxygens (including phenoxy) is 1. The zero-order valence-corrected chi connectivity index (χ0v) is 11.4. The van der Waals surface area contributed by atoms with Gasteiger partial charge in [-0.3, -0.25) is 4.79 Å². The molecule has 0 bridgehead atoms. The van der Waals surface area contributed by atoms with Gasteiger partial charge in [0.05, 0.1) is 24.5 Å². The number of benzene rings is 1. The van der Waals surface area contributed by atoms with Gasteiger partial charge >= 0.3 is 5.97 Å². The Morgan fingerprint density at radius 1 is 1.42 bits per heavy atom. The third kappa shape index (κ3) is 4.71. The third-order valence-electron chi connectivity index (χ3n) is 2.64. The first-order valence-corrected chi connectivity index (χ1v) is 6.11. The molecule has 19 heavy (non-hydrogen) atoms. The van der Waals surface area contributed by atoms with Crippen LogP contribution >= 0.6 is 0 Å². The number of esters is 1. The van der Waals surface area contributed by atoms with Crippen LogP contribution in [0.2, 0.25) is 0 Å². The lowest BCUT2D eigenvalue weighted by Gasteiger charge is -2.11. The highest BCUT2D eigenvalue weighted by atomic mass is 16.5. The Morgan fingerprint density at radius 2 is 2.11 bits per heavy atom. The van der Waals surface area contributed by atoms with E-state index >= 15 is 0 Å². The van der Waals surface area contributed by atoms with Gasteiger partial charge in [-0.05, 0) is 32.4 Å². The minimum atomic E-state index is -0.524. The van der Waals surface area contributed by atoms with Crippen molar-refractivity contribution in [3.63, 3.8) is 0 Å². The van der Waals surface area contributed by atoms with Crippen LogP contribution in [-0.4, -0.2) is 30.2 Å². The highest BCUT2D eigenvalue weighted by molar-refractivity contribution is 6.01. The van der Waals surface area contributed by atoms with Gasteiger partial charge in [0.2, 0.25) is 5.91 Å². The molecule has 1 aromatic rings. The van der Waals surface area contributed by atoms with Crippen molar-refractivity contribution in [2.75, 3.05) is 12.4 Å². The van der Waals surface area contributed by atoms with E-state index in [1.54, 1.807) is 25.1 Å². The third-order valence-corrected chi connectivity index (χ3v) is 2.64. The maximum atomic E-state index is 11.7. The molecule has 0 saturated heterocycles. The lowest BCUT2D eigenvalue weighted by molar-refractivity contribution is -0.116. The summed E-state index contributed by atoms with van der Waals surface area (Å²) in [5.41, 5.74) is 1.66. The molecule has 0 aliphatic rings. The predicted octanol–water partition coefficient (Wildman–Crippen LogP) is 1.88. The second kappa shape index (κ2) is 6.89. The van der Waals surface area contributed by atoms with Crippen molar-refractivity contribution in [2.24, 2.45) is 0 Å². The predicted molar refractivity (Wildman–Crippen MR) is 72.1 cm³/mol. The normalized spacial score (nSPS) is 11.8. The smallest absolute Gasteiger partial charge is 0.339 e. The van der Waals surface area contributed by atoms with Crippen LogP contribution in [0.3, 0.4) is 0 Å². The van der Waals surface area contributed by atoms with E-state index in [1.165, 1.54) is 7.11 Å². The molecule has 1 amide bonds. The first kappa shape index (κ1) is 15.2. The number of hydrogen-bond acceptors (Lipinski definition) is 4. The highest BCUT2D eigenvalue weighted by Crippen LogP contribution is 2.19. The number of aryl methyl sites for hydroxylation is 1. The van der Waals surface area contributed by atoms with E-state index < -0.39 is 12.1 Å². The van der Waals surface area contributed by atoms with Gasteiger partial charge in [0.25, 0.3) is 0 Å². The van der Waals surface area contributed by atoms with Crippen molar-refractivity contribution >= 4 is 17.6 Å². The van der Waals surface area contributed by atoms with E-state index in [9.17, 15) is 9.59 Å². The lowest BCUT2D eigenvalue weighted by Crippen LogP contribution is -2.16. The topological polar surface area (TPSA) is 75.6 Å². The van der Waals surface area contributed by atoms with Crippen LogP contribution in [0.15, 0.2) is 18.2 Å². The second-order valence-corrected chi connectivity index (χ2v) is 4.48. The molecule has 104 valence electrons. The minimum absolute atomic E-state index is 0.201. The number of rotatable bonds is 5. The molecule has 0 saturated carbocycles. The lowest BCUT2D eigenvalue weighted by atomic mass is 10.1. The first-order chi connectivity index (χ1) is 8.93. The number of methoxy groups -OCH3 is 1. The number of anilines is 1. The number of nitrogens with one attached hydrogen (secondary N) is 1. The Bertz CT molecular complexity index is 469. The van der Waals surface area contributed by atoms with E-state index in [2.05, 4.69) is 10.1 Å².